The van der Waals surface area contributed by atoms with Gasteiger partial charge in [0.25, 0.3) is 0 Å². The fourth-order valence-electron chi connectivity index (χ4n) is 5.14. The standard InChI is InChI=1S/C30H30FN3O3S/c1-19-8-5-10-23(19)15-14-22-9-6-11-24(17-22)21(3)34-25-16-20(2)27(18-26(25)37-30(34)35)38(4,36)33-29-13-7-12-28(31)32-29/h6-7,9,11-13,16-19,21,23H,4-5,8,10H2,1-3H3,(H,32,33,36). The van der Waals surface area contributed by atoms with E-state index in [9.17, 15) is 13.4 Å². The summed E-state index contributed by atoms with van der Waals surface area (Å²) in [6.07, 6.45) is 3.61. The van der Waals surface area contributed by atoms with E-state index < -0.39 is 21.4 Å². The summed E-state index contributed by atoms with van der Waals surface area (Å²) in [5.41, 5.74) is 3.37. The molecule has 0 bridgehead atoms. The molecule has 8 heteroatoms. The number of nitrogens with zero attached hydrogens (tertiary/aromatic N) is 2. The molecule has 4 atom stereocenters. The average Bonchev–Trinajstić information content (AvgIpc) is 3.42. The van der Waals surface area contributed by atoms with Crippen LogP contribution in [-0.4, -0.2) is 19.6 Å². The zero-order valence-corrected chi connectivity index (χ0v) is 22.5. The number of benzene rings is 2. The zero-order valence-electron chi connectivity index (χ0n) is 21.7. The van der Waals surface area contributed by atoms with E-state index in [2.05, 4.69) is 34.3 Å². The molecule has 0 aliphatic heterocycles. The predicted molar refractivity (Wildman–Crippen MR) is 150 cm³/mol. The molecule has 5 rings (SSSR count). The lowest BCUT2D eigenvalue weighted by atomic mass is 9.98. The van der Waals surface area contributed by atoms with Crippen molar-refractivity contribution in [1.29, 1.82) is 0 Å². The number of aryl methyl sites for hydroxylation is 1. The molecule has 0 saturated heterocycles. The van der Waals surface area contributed by atoms with E-state index in [0.717, 1.165) is 17.5 Å². The Morgan fingerprint density at radius 2 is 2.00 bits per heavy atom. The van der Waals surface area contributed by atoms with E-state index >= 15 is 0 Å². The van der Waals surface area contributed by atoms with E-state index in [4.69, 9.17) is 4.42 Å². The molecule has 1 aliphatic carbocycles. The minimum Gasteiger partial charge on any atom is -0.408 e. The predicted octanol–water partition coefficient (Wildman–Crippen LogP) is 5.94. The molecule has 196 valence electrons. The van der Waals surface area contributed by atoms with Gasteiger partial charge in [-0.1, -0.05) is 43.4 Å². The van der Waals surface area contributed by atoms with Gasteiger partial charge in [-0.25, -0.2) is 14.0 Å². The first kappa shape index (κ1) is 25.8. The number of rotatable bonds is 5. The topological polar surface area (TPSA) is 77.1 Å². The molecule has 2 aromatic carbocycles. The van der Waals surface area contributed by atoms with Gasteiger partial charge in [-0.3, -0.25) is 9.29 Å². The van der Waals surface area contributed by atoms with Crippen LogP contribution in [0.1, 0.15) is 55.8 Å². The minimum absolute atomic E-state index is 0.0995. The first-order valence-electron chi connectivity index (χ1n) is 12.7. The number of fused-ring (bicyclic) bond motifs is 1. The monoisotopic (exact) mass is 531 g/mol. The zero-order chi connectivity index (χ0) is 27.0. The lowest BCUT2D eigenvalue weighted by Crippen LogP contribution is -2.19. The Labute approximate surface area is 222 Å². The first-order chi connectivity index (χ1) is 18.1. The summed E-state index contributed by atoms with van der Waals surface area (Å²) in [5.74, 6) is 10.5. The molecule has 1 saturated carbocycles. The maximum absolute atomic E-state index is 13.5. The number of anilines is 1. The molecule has 1 fully saturated rings. The van der Waals surface area contributed by atoms with Gasteiger partial charge in [0.1, 0.15) is 5.82 Å². The highest BCUT2D eigenvalue weighted by atomic mass is 32.2. The first-order valence-corrected chi connectivity index (χ1v) is 14.4. The lowest BCUT2D eigenvalue weighted by Gasteiger charge is -2.16. The summed E-state index contributed by atoms with van der Waals surface area (Å²) >= 11 is 0. The second kappa shape index (κ2) is 10.1. The van der Waals surface area contributed by atoms with Crippen LogP contribution in [0.2, 0.25) is 0 Å². The van der Waals surface area contributed by atoms with E-state index in [1.54, 1.807) is 23.6 Å². The Kier molecular flexibility index (Phi) is 6.89. The van der Waals surface area contributed by atoms with Gasteiger partial charge in [-0.2, -0.15) is 4.39 Å². The van der Waals surface area contributed by atoms with Crippen molar-refractivity contribution in [2.45, 2.75) is 51.0 Å². The Morgan fingerprint density at radius 1 is 1.21 bits per heavy atom. The summed E-state index contributed by atoms with van der Waals surface area (Å²) in [5, 5.41) is 0. The highest BCUT2D eigenvalue weighted by Crippen LogP contribution is 2.31. The van der Waals surface area contributed by atoms with Gasteiger partial charge >= 0.3 is 5.76 Å². The van der Waals surface area contributed by atoms with Crippen LogP contribution in [0.25, 0.3) is 11.1 Å². The molecule has 4 aromatic rings. The third-order valence-electron chi connectivity index (χ3n) is 7.27. The lowest BCUT2D eigenvalue weighted by molar-refractivity contribution is 0.489. The van der Waals surface area contributed by atoms with E-state index in [0.29, 0.717) is 33.4 Å². The van der Waals surface area contributed by atoms with Gasteiger partial charge in [-0.05, 0) is 79.9 Å². The smallest absolute Gasteiger partial charge is 0.408 e. The molecule has 0 amide bonds. The van der Waals surface area contributed by atoms with E-state index in [1.807, 2.05) is 31.2 Å². The summed E-state index contributed by atoms with van der Waals surface area (Å²) in [6, 6.07) is 15.1. The Hall–Kier alpha value is -3.83. The number of hydrogen-bond acceptors (Lipinski definition) is 4. The normalized spacial score (nSPS) is 19.5. The molecule has 2 aromatic heterocycles. The van der Waals surface area contributed by atoms with Gasteiger partial charge in [-0.15, -0.1) is 0 Å². The number of halogens is 1. The number of oxazole rings is 1. The van der Waals surface area contributed by atoms with Crippen LogP contribution in [0, 0.1) is 36.5 Å². The van der Waals surface area contributed by atoms with Crippen molar-refractivity contribution in [2.24, 2.45) is 11.8 Å². The molecule has 1 aliphatic rings. The number of aromatic nitrogens is 2. The SMILES string of the molecule is C=S(=O)(Nc1cccc(F)n1)c1cc2oc(=O)n(C(C)c3cccc(C#CC4CCCC4C)c3)c2cc1C. The summed E-state index contributed by atoms with van der Waals surface area (Å²) in [4.78, 5) is 17.1. The Balaban J connectivity index is 1.48. The molecular formula is C30H30FN3O3S. The van der Waals surface area contributed by atoms with Gasteiger partial charge in [0.05, 0.1) is 26.2 Å². The van der Waals surface area contributed by atoms with Crippen LogP contribution in [0.4, 0.5) is 10.2 Å². The quantitative estimate of drug-likeness (QED) is 0.197. The van der Waals surface area contributed by atoms with Crippen molar-refractivity contribution >= 4 is 32.5 Å². The molecule has 2 heterocycles. The van der Waals surface area contributed by atoms with Gasteiger partial charge in [0, 0.05) is 17.5 Å². The van der Waals surface area contributed by atoms with Crippen LogP contribution in [0.5, 0.6) is 0 Å². The maximum Gasteiger partial charge on any atom is 0.420 e. The summed E-state index contributed by atoms with van der Waals surface area (Å²) < 4.78 is 36.9. The molecule has 6 nitrogen and oxygen atoms in total. The number of pyridine rings is 1. The van der Waals surface area contributed by atoms with Crippen molar-refractivity contribution < 1.29 is 13.0 Å². The van der Waals surface area contributed by atoms with Gasteiger partial charge in [0.2, 0.25) is 5.95 Å². The maximum atomic E-state index is 13.5. The van der Waals surface area contributed by atoms with Gasteiger partial charge < -0.3 is 4.42 Å². The van der Waals surface area contributed by atoms with Crippen molar-refractivity contribution in [3.8, 4) is 11.8 Å². The van der Waals surface area contributed by atoms with Crippen molar-refractivity contribution in [3.63, 3.8) is 0 Å². The number of hydrogen-bond donors (Lipinski definition) is 1. The third kappa shape index (κ3) is 5.11. The van der Waals surface area contributed by atoms with Crippen LogP contribution < -0.4 is 10.5 Å². The molecular weight excluding hydrogens is 501 g/mol. The second-order valence-corrected chi connectivity index (χ2v) is 12.0. The average molecular weight is 532 g/mol. The van der Waals surface area contributed by atoms with Crippen LogP contribution in [-0.2, 0) is 9.71 Å². The summed E-state index contributed by atoms with van der Waals surface area (Å²) in [6.45, 7) is 5.98. The fraction of sp³-hybridized carbons (Fsp3) is 0.300. The van der Waals surface area contributed by atoms with Crippen LogP contribution in [0.15, 0.2) is 68.7 Å². The largest absolute Gasteiger partial charge is 0.420 e. The molecule has 0 radical (unpaired) electrons. The molecule has 0 spiro atoms. The summed E-state index contributed by atoms with van der Waals surface area (Å²) in [7, 11) is -3.12. The second-order valence-electron chi connectivity index (χ2n) is 10.0. The number of nitrogens with one attached hydrogen (secondary N) is 1. The van der Waals surface area contributed by atoms with Crippen molar-refractivity contribution in [2.75, 3.05) is 4.72 Å². The van der Waals surface area contributed by atoms with Crippen LogP contribution in [0.3, 0.4) is 0 Å². The third-order valence-corrected chi connectivity index (χ3v) is 8.96. The van der Waals surface area contributed by atoms with Gasteiger partial charge in [0.15, 0.2) is 5.58 Å². The Bertz CT molecular complexity index is 1740. The minimum atomic E-state index is -3.12. The highest BCUT2D eigenvalue weighted by molar-refractivity contribution is 8.01. The van der Waals surface area contributed by atoms with Crippen molar-refractivity contribution in [1.82, 2.24) is 9.55 Å². The fourth-order valence-corrected chi connectivity index (χ4v) is 6.58. The van der Waals surface area contributed by atoms with E-state index in [1.165, 1.54) is 31.0 Å². The van der Waals surface area contributed by atoms with Crippen LogP contribution >= 0.6 is 0 Å². The molecule has 38 heavy (non-hydrogen) atoms. The Morgan fingerprint density at radius 3 is 2.74 bits per heavy atom. The van der Waals surface area contributed by atoms with Crippen molar-refractivity contribution in [3.05, 3.63) is 87.8 Å². The molecule has 4 unspecified atom stereocenters. The molecule has 1 N–H and O–H groups in total. The highest BCUT2D eigenvalue weighted by Gasteiger charge is 2.22. The van der Waals surface area contributed by atoms with E-state index in [-0.39, 0.29) is 11.9 Å².